The second kappa shape index (κ2) is 5.92. The minimum atomic E-state index is 0.112. The molecule has 0 radical (unpaired) electrons. The van der Waals surface area contributed by atoms with Crippen molar-refractivity contribution in [2.45, 2.75) is 6.92 Å². The van der Waals surface area contributed by atoms with Gasteiger partial charge < -0.3 is 4.74 Å². The van der Waals surface area contributed by atoms with E-state index in [1.165, 1.54) is 17.3 Å². The highest BCUT2D eigenvalue weighted by molar-refractivity contribution is 8.41. The maximum absolute atomic E-state index is 12.2. The molecule has 0 atom stereocenters. The normalized spacial score (nSPS) is 14.3. The Bertz CT molecular complexity index is 752. The summed E-state index contributed by atoms with van der Waals surface area (Å²) in [7, 11) is 3.19. The molecule has 0 aliphatic carbocycles. The Morgan fingerprint density at radius 2 is 1.52 bits per heavy atom. The quantitative estimate of drug-likeness (QED) is 0.808. The predicted molar refractivity (Wildman–Crippen MR) is 92.6 cm³/mol. The molecule has 106 valence electrons. The lowest BCUT2D eigenvalue weighted by Gasteiger charge is -2.02. The average molecular weight is 314 g/mol. The summed E-state index contributed by atoms with van der Waals surface area (Å²) in [5, 5.41) is 0.112. The van der Waals surface area contributed by atoms with Gasteiger partial charge in [0.25, 0.3) is 0 Å². The molecular formula is C17H14O2S2. The van der Waals surface area contributed by atoms with Gasteiger partial charge in [-0.05, 0) is 54.1 Å². The number of ether oxygens (including phenoxy) is 1. The Hall–Kier alpha value is -1.78. The molecule has 0 saturated heterocycles. The van der Waals surface area contributed by atoms with E-state index in [-0.39, 0.29) is 5.12 Å². The first kappa shape index (κ1) is 14.2. The largest absolute Gasteiger partial charge is 0.497 e. The van der Waals surface area contributed by atoms with Crippen LogP contribution in [0.4, 0.5) is 0 Å². The molecule has 2 nitrogen and oxygen atoms in total. The van der Waals surface area contributed by atoms with Crippen LogP contribution in [0.5, 0.6) is 5.75 Å². The molecule has 1 heterocycles. The van der Waals surface area contributed by atoms with Gasteiger partial charge in [-0.1, -0.05) is 29.8 Å². The highest BCUT2D eigenvalue weighted by Crippen LogP contribution is 2.26. The van der Waals surface area contributed by atoms with Gasteiger partial charge in [-0.2, -0.15) is 0 Å². The molecule has 2 aromatic carbocycles. The molecule has 2 aromatic rings. The van der Waals surface area contributed by atoms with Crippen LogP contribution in [0.1, 0.15) is 16.7 Å². The van der Waals surface area contributed by atoms with Gasteiger partial charge in [-0.15, -0.1) is 10.9 Å². The van der Waals surface area contributed by atoms with Crippen LogP contribution in [0.25, 0.3) is 0 Å². The zero-order valence-electron chi connectivity index (χ0n) is 11.8. The third-order valence-corrected chi connectivity index (χ3v) is 5.69. The number of benzene rings is 2. The van der Waals surface area contributed by atoms with Crippen LogP contribution in [0.15, 0.2) is 48.5 Å². The minimum absolute atomic E-state index is 0.112. The van der Waals surface area contributed by atoms with Crippen molar-refractivity contribution in [1.82, 2.24) is 0 Å². The standard InChI is InChI=1S/C17H14O2S2/c1-11-3-5-13(6-4-11)17-20-15(16(18)21-17)12-7-9-14(19-2)10-8-12/h3-10H,1-2H3. The van der Waals surface area contributed by atoms with Crippen LogP contribution >= 0.6 is 22.7 Å². The van der Waals surface area contributed by atoms with Crippen molar-refractivity contribution in [3.63, 3.8) is 0 Å². The molecular weight excluding hydrogens is 300 g/mol. The fourth-order valence-corrected chi connectivity index (χ4v) is 4.32. The van der Waals surface area contributed by atoms with Crippen molar-refractivity contribution in [2.24, 2.45) is 0 Å². The smallest absolute Gasteiger partial charge is 0.235 e. The molecule has 0 saturated carbocycles. The van der Waals surface area contributed by atoms with Crippen LogP contribution in [0.2, 0.25) is 0 Å². The van der Waals surface area contributed by atoms with Gasteiger partial charge in [-0.3, -0.25) is 4.79 Å². The van der Waals surface area contributed by atoms with Gasteiger partial charge in [-0.25, -0.2) is 0 Å². The average Bonchev–Trinajstić information content (AvgIpc) is 2.90. The lowest BCUT2D eigenvalue weighted by molar-refractivity contribution is -0.105. The van der Waals surface area contributed by atoms with Crippen molar-refractivity contribution in [3.05, 3.63) is 65.2 Å². The summed E-state index contributed by atoms with van der Waals surface area (Å²) < 4.78 is 6.20. The Kier molecular flexibility index (Phi) is 3.99. The summed E-state index contributed by atoms with van der Waals surface area (Å²) in [5.74, 6) is 0.796. The highest BCUT2D eigenvalue weighted by atomic mass is 32.2. The first-order valence-corrected chi connectivity index (χ1v) is 8.16. The molecule has 0 unspecified atom stereocenters. The van der Waals surface area contributed by atoms with E-state index in [2.05, 4.69) is 31.2 Å². The summed E-state index contributed by atoms with van der Waals surface area (Å²) >= 11 is 1.31. The number of carbonyl (C=O) groups excluding carboxylic acids is 1. The topological polar surface area (TPSA) is 26.3 Å². The third kappa shape index (κ3) is 2.96. The molecule has 3 rings (SSSR count). The van der Waals surface area contributed by atoms with Crippen molar-refractivity contribution in [2.75, 3.05) is 7.11 Å². The summed E-state index contributed by atoms with van der Waals surface area (Å²) in [5.41, 5.74) is 3.27. The number of hydrogen-bond acceptors (Lipinski definition) is 3. The van der Waals surface area contributed by atoms with Gasteiger partial charge in [0.2, 0.25) is 5.12 Å². The fourth-order valence-electron chi connectivity index (χ4n) is 2.01. The number of methoxy groups -OCH3 is 1. The van der Waals surface area contributed by atoms with Crippen LogP contribution in [-0.2, 0) is 4.79 Å². The van der Waals surface area contributed by atoms with Crippen molar-refractivity contribution >= 4 is 36.9 Å². The van der Waals surface area contributed by atoms with Crippen LogP contribution in [0.3, 0.4) is 0 Å². The Balaban J connectivity index is 2.01. The molecule has 21 heavy (non-hydrogen) atoms. The van der Waals surface area contributed by atoms with E-state index in [1.807, 2.05) is 24.3 Å². The minimum Gasteiger partial charge on any atom is -0.497 e. The van der Waals surface area contributed by atoms with Crippen LogP contribution < -0.4 is 4.74 Å². The van der Waals surface area contributed by atoms with E-state index in [1.54, 1.807) is 18.0 Å². The van der Waals surface area contributed by atoms with Gasteiger partial charge in [0.15, 0.2) is 0 Å². The number of thioether (sulfide) groups is 1. The third-order valence-electron chi connectivity index (χ3n) is 3.21. The second-order valence-electron chi connectivity index (χ2n) is 4.70. The Labute approximate surface area is 131 Å². The van der Waals surface area contributed by atoms with E-state index in [4.69, 9.17) is 4.74 Å². The van der Waals surface area contributed by atoms with E-state index in [0.717, 1.165) is 25.9 Å². The van der Waals surface area contributed by atoms with E-state index in [0.29, 0.717) is 0 Å². The maximum Gasteiger partial charge on any atom is 0.235 e. The number of aryl methyl sites for hydroxylation is 1. The van der Waals surface area contributed by atoms with Gasteiger partial charge in [0, 0.05) is 0 Å². The molecule has 1 aliphatic rings. The fraction of sp³-hybridized carbons (Fsp3) is 0.118. The molecule has 1 aliphatic heterocycles. The predicted octanol–water partition coefficient (Wildman–Crippen LogP) is 3.71. The summed E-state index contributed by atoms with van der Waals surface area (Å²) in [6.07, 6.45) is 0. The van der Waals surface area contributed by atoms with Crippen molar-refractivity contribution < 1.29 is 9.53 Å². The molecule has 0 bridgehead atoms. The highest BCUT2D eigenvalue weighted by Gasteiger charge is 2.22. The van der Waals surface area contributed by atoms with Crippen molar-refractivity contribution in [3.8, 4) is 5.75 Å². The monoisotopic (exact) mass is 314 g/mol. The number of carbonyl (C=O) groups is 1. The van der Waals surface area contributed by atoms with E-state index < -0.39 is 0 Å². The second-order valence-corrected chi connectivity index (χ2v) is 6.96. The molecule has 0 N–H and O–H groups in total. The van der Waals surface area contributed by atoms with Crippen molar-refractivity contribution in [1.29, 1.82) is 0 Å². The zero-order chi connectivity index (χ0) is 14.8. The number of rotatable bonds is 3. The molecule has 0 spiro atoms. The summed E-state index contributed by atoms with van der Waals surface area (Å²) in [6, 6.07) is 15.9. The molecule has 4 heteroatoms. The zero-order valence-corrected chi connectivity index (χ0v) is 13.4. The first-order chi connectivity index (χ1) is 10.2. The Morgan fingerprint density at radius 3 is 2.14 bits per heavy atom. The van der Waals surface area contributed by atoms with E-state index >= 15 is 0 Å². The van der Waals surface area contributed by atoms with Gasteiger partial charge in [0.1, 0.15) is 5.75 Å². The van der Waals surface area contributed by atoms with Crippen LogP contribution in [0, 0.1) is 6.92 Å². The maximum atomic E-state index is 12.2. The number of hydrogen-bond donors (Lipinski definition) is 0. The summed E-state index contributed by atoms with van der Waals surface area (Å²) in [6.45, 7) is 2.06. The lowest BCUT2D eigenvalue weighted by Crippen LogP contribution is -2.06. The molecule has 0 aromatic heterocycles. The summed E-state index contributed by atoms with van der Waals surface area (Å²) in [4.78, 5) is 13.0. The Morgan fingerprint density at radius 1 is 0.905 bits per heavy atom. The van der Waals surface area contributed by atoms with Gasteiger partial charge in [0.05, 0.1) is 16.2 Å². The molecule has 0 amide bonds. The first-order valence-electron chi connectivity index (χ1n) is 6.53. The molecule has 0 fully saturated rings. The lowest BCUT2D eigenvalue weighted by atomic mass is 10.1. The van der Waals surface area contributed by atoms with Gasteiger partial charge >= 0.3 is 0 Å². The SMILES string of the molecule is COc1ccc(C2=S=C(c3ccc(C)cc3)SC2=O)cc1. The van der Waals surface area contributed by atoms with Crippen LogP contribution in [-0.4, -0.2) is 21.3 Å². The van der Waals surface area contributed by atoms with E-state index in [9.17, 15) is 4.79 Å².